The number of unbranched alkanes of at least 4 members (excludes halogenated alkanes) is 7. The SMILES string of the molecule is Cn1cncc1-c1cc(-c2nc3cc(C(=O)NCCCCCCCCCCNC(=O)OC(C)(C)C)ccc3n2-c2ccc3c(c2)CCC(=O)N3)c2ccccc2n1. The largest absolute Gasteiger partial charge is 0.444 e. The molecular formula is C45H52N8O4. The summed E-state index contributed by atoms with van der Waals surface area (Å²) in [6, 6.07) is 21.9. The van der Waals surface area contributed by atoms with E-state index in [2.05, 4.69) is 43.7 Å². The monoisotopic (exact) mass is 768 g/mol. The van der Waals surface area contributed by atoms with E-state index in [0.29, 0.717) is 37.0 Å². The van der Waals surface area contributed by atoms with E-state index in [0.717, 1.165) is 108 Å². The highest BCUT2D eigenvalue weighted by molar-refractivity contribution is 6.01. The van der Waals surface area contributed by atoms with Gasteiger partial charge in [-0.2, -0.15) is 0 Å². The minimum absolute atomic E-state index is 0.0235. The highest BCUT2D eigenvalue weighted by Gasteiger charge is 2.22. The van der Waals surface area contributed by atoms with Crippen LogP contribution in [0.5, 0.6) is 0 Å². The Bertz CT molecular complexity index is 2410. The third-order valence-corrected chi connectivity index (χ3v) is 10.3. The Morgan fingerprint density at radius 2 is 1.56 bits per heavy atom. The number of fused-ring (bicyclic) bond motifs is 3. The predicted octanol–water partition coefficient (Wildman–Crippen LogP) is 8.90. The molecule has 0 saturated carbocycles. The second kappa shape index (κ2) is 17.4. The first-order valence-corrected chi connectivity index (χ1v) is 20.1. The van der Waals surface area contributed by atoms with Gasteiger partial charge < -0.3 is 25.3 Å². The third-order valence-electron chi connectivity index (χ3n) is 10.3. The van der Waals surface area contributed by atoms with Gasteiger partial charge in [-0.3, -0.25) is 14.2 Å². The molecule has 57 heavy (non-hydrogen) atoms. The summed E-state index contributed by atoms with van der Waals surface area (Å²) in [5.74, 6) is 0.627. The first-order chi connectivity index (χ1) is 27.5. The van der Waals surface area contributed by atoms with Gasteiger partial charge in [0, 0.05) is 54.4 Å². The third kappa shape index (κ3) is 9.50. The number of nitrogens with zero attached hydrogens (tertiary/aromatic N) is 5. The standard InChI is InChI=1S/C45H52N8O4/c1-45(2,3)57-44(56)48-24-14-10-8-6-5-7-9-13-23-47-43(55)31-17-21-39-37(26-31)51-42(53(39)32-19-20-35-30(25-32)18-22-41(54)50-35)34-27-38(40-28-46-29-52(40)4)49-36-16-12-11-15-33(34)36/h11-12,15-17,19-21,25-29H,5-10,13-14,18,22-24H2,1-4H3,(H,47,55)(H,48,56)(H,50,54). The second-order valence-corrected chi connectivity index (χ2v) is 15.8. The van der Waals surface area contributed by atoms with Crippen LogP contribution in [0.3, 0.4) is 0 Å². The molecule has 12 nitrogen and oxygen atoms in total. The number of rotatable bonds is 15. The maximum absolute atomic E-state index is 13.4. The number of ether oxygens (including phenoxy) is 1. The molecule has 0 aliphatic carbocycles. The van der Waals surface area contributed by atoms with Gasteiger partial charge in [-0.15, -0.1) is 0 Å². The average molecular weight is 769 g/mol. The van der Waals surface area contributed by atoms with Gasteiger partial charge in [0.15, 0.2) is 0 Å². The van der Waals surface area contributed by atoms with Crippen molar-refractivity contribution in [3.8, 4) is 28.5 Å². The zero-order chi connectivity index (χ0) is 39.9. The van der Waals surface area contributed by atoms with Gasteiger partial charge >= 0.3 is 6.09 Å². The van der Waals surface area contributed by atoms with Crippen LogP contribution in [0.4, 0.5) is 10.5 Å². The van der Waals surface area contributed by atoms with E-state index in [1.165, 1.54) is 0 Å². The molecule has 12 heteroatoms. The molecule has 0 radical (unpaired) electrons. The molecule has 1 aliphatic rings. The Kier molecular flexibility index (Phi) is 12.0. The number of aromatic nitrogens is 5. The summed E-state index contributed by atoms with van der Waals surface area (Å²) >= 11 is 0. The number of amides is 3. The zero-order valence-corrected chi connectivity index (χ0v) is 33.4. The van der Waals surface area contributed by atoms with Crippen molar-refractivity contribution in [2.24, 2.45) is 7.05 Å². The summed E-state index contributed by atoms with van der Waals surface area (Å²) in [6.45, 7) is 6.83. The molecule has 0 unspecified atom stereocenters. The van der Waals surface area contributed by atoms with E-state index in [9.17, 15) is 14.4 Å². The highest BCUT2D eigenvalue weighted by atomic mass is 16.6. The van der Waals surface area contributed by atoms with Crippen molar-refractivity contribution in [3.05, 3.63) is 90.4 Å². The van der Waals surface area contributed by atoms with E-state index < -0.39 is 5.60 Å². The van der Waals surface area contributed by atoms with Gasteiger partial charge in [0.25, 0.3) is 5.91 Å². The number of aryl methyl sites for hydroxylation is 2. The Morgan fingerprint density at radius 3 is 2.30 bits per heavy atom. The first kappa shape index (κ1) is 39.2. The molecule has 7 rings (SSSR count). The van der Waals surface area contributed by atoms with E-state index in [1.807, 2.05) is 87.1 Å². The van der Waals surface area contributed by atoms with Crippen LogP contribution < -0.4 is 16.0 Å². The van der Waals surface area contributed by atoms with Gasteiger partial charge in [0.1, 0.15) is 11.4 Å². The van der Waals surface area contributed by atoms with Gasteiger partial charge in [0.2, 0.25) is 5.91 Å². The number of hydrogen-bond acceptors (Lipinski definition) is 7. The van der Waals surface area contributed by atoms with Crippen molar-refractivity contribution in [2.75, 3.05) is 18.4 Å². The Morgan fingerprint density at radius 1 is 0.825 bits per heavy atom. The normalized spacial score (nSPS) is 12.7. The van der Waals surface area contributed by atoms with Crippen LogP contribution in [0, 0.1) is 0 Å². The van der Waals surface area contributed by atoms with Gasteiger partial charge in [-0.1, -0.05) is 56.7 Å². The number of alkyl carbamates (subject to hydrolysis) is 1. The minimum atomic E-state index is -0.478. The van der Waals surface area contributed by atoms with Crippen LogP contribution in [0.2, 0.25) is 0 Å². The van der Waals surface area contributed by atoms with E-state index in [-0.39, 0.29) is 17.9 Å². The summed E-state index contributed by atoms with van der Waals surface area (Å²) in [6.07, 6.45) is 12.9. The Hall–Kier alpha value is -6.04. The van der Waals surface area contributed by atoms with Crippen molar-refractivity contribution in [1.82, 2.24) is 34.7 Å². The molecule has 3 N–H and O–H groups in total. The number of imidazole rings is 2. The number of para-hydroxylation sites is 1. The van der Waals surface area contributed by atoms with Crippen LogP contribution in [0.15, 0.2) is 79.3 Å². The molecule has 296 valence electrons. The lowest BCUT2D eigenvalue weighted by Gasteiger charge is -2.19. The highest BCUT2D eigenvalue weighted by Crippen LogP contribution is 2.37. The smallest absolute Gasteiger partial charge is 0.407 e. The van der Waals surface area contributed by atoms with Crippen LogP contribution in [-0.4, -0.2) is 60.7 Å². The molecule has 3 amide bonds. The fraction of sp³-hybridized carbons (Fsp3) is 0.378. The van der Waals surface area contributed by atoms with Crippen molar-refractivity contribution < 1.29 is 19.1 Å². The molecule has 0 fully saturated rings. The molecule has 3 aromatic heterocycles. The summed E-state index contributed by atoms with van der Waals surface area (Å²) in [7, 11) is 1.95. The van der Waals surface area contributed by atoms with E-state index >= 15 is 0 Å². The molecule has 0 atom stereocenters. The molecule has 0 bridgehead atoms. The molecule has 6 aromatic rings. The van der Waals surface area contributed by atoms with E-state index in [1.54, 1.807) is 6.33 Å². The molecule has 1 aliphatic heterocycles. The Balaban J connectivity index is 1.04. The molecule has 0 spiro atoms. The van der Waals surface area contributed by atoms with Gasteiger partial charge in [-0.25, -0.2) is 19.7 Å². The summed E-state index contributed by atoms with van der Waals surface area (Å²) in [5, 5.41) is 9.89. The van der Waals surface area contributed by atoms with Crippen LogP contribution in [0.1, 0.15) is 94.5 Å². The number of benzene rings is 3. The lowest BCUT2D eigenvalue weighted by molar-refractivity contribution is -0.116. The number of pyridine rings is 1. The number of carbonyl (C=O) groups is 3. The van der Waals surface area contributed by atoms with Crippen molar-refractivity contribution in [3.63, 3.8) is 0 Å². The Labute approximate surface area is 333 Å². The summed E-state index contributed by atoms with van der Waals surface area (Å²) < 4.78 is 9.37. The van der Waals surface area contributed by atoms with Gasteiger partial charge in [0.05, 0.1) is 40.5 Å². The second-order valence-electron chi connectivity index (χ2n) is 15.8. The lowest BCUT2D eigenvalue weighted by atomic mass is 10.0. The number of hydrogen-bond donors (Lipinski definition) is 3. The zero-order valence-electron chi connectivity index (χ0n) is 33.4. The van der Waals surface area contributed by atoms with Crippen molar-refractivity contribution >= 4 is 45.5 Å². The van der Waals surface area contributed by atoms with E-state index in [4.69, 9.17) is 14.7 Å². The quantitative estimate of drug-likeness (QED) is 0.0885. The maximum Gasteiger partial charge on any atom is 0.407 e. The molecule has 3 aromatic carbocycles. The first-order valence-electron chi connectivity index (χ1n) is 20.1. The molecule has 0 saturated heterocycles. The minimum Gasteiger partial charge on any atom is -0.444 e. The maximum atomic E-state index is 13.4. The van der Waals surface area contributed by atoms with Gasteiger partial charge in [-0.05, 0) is 94.1 Å². The number of anilines is 1. The summed E-state index contributed by atoms with van der Waals surface area (Å²) in [4.78, 5) is 51.9. The molecular weight excluding hydrogens is 717 g/mol. The summed E-state index contributed by atoms with van der Waals surface area (Å²) in [5.41, 5.74) is 7.86. The fourth-order valence-electron chi connectivity index (χ4n) is 7.39. The topological polar surface area (TPSA) is 145 Å². The average Bonchev–Trinajstić information content (AvgIpc) is 3.80. The van der Waals surface area contributed by atoms with Crippen LogP contribution >= 0.6 is 0 Å². The lowest BCUT2D eigenvalue weighted by Crippen LogP contribution is -2.32. The number of carbonyl (C=O) groups excluding carboxylic acids is 3. The predicted molar refractivity (Wildman–Crippen MR) is 224 cm³/mol. The van der Waals surface area contributed by atoms with Crippen LogP contribution in [0.25, 0.3) is 50.4 Å². The molecule has 4 heterocycles. The fourth-order valence-corrected chi connectivity index (χ4v) is 7.39. The van der Waals surface area contributed by atoms with Crippen molar-refractivity contribution in [1.29, 1.82) is 0 Å². The van der Waals surface area contributed by atoms with Crippen LogP contribution in [-0.2, 0) is 23.0 Å². The number of nitrogens with one attached hydrogen (secondary N) is 3. The van der Waals surface area contributed by atoms with Crippen molar-refractivity contribution in [2.45, 2.75) is 90.6 Å².